The van der Waals surface area contributed by atoms with E-state index in [1.807, 2.05) is 0 Å². The van der Waals surface area contributed by atoms with Crippen molar-refractivity contribution < 1.29 is 52.2 Å². The normalized spacial score (nSPS) is 13.4. The molecule has 68 heavy (non-hydrogen) atoms. The average molecular weight is 987 g/mol. The highest BCUT2D eigenvalue weighted by Crippen LogP contribution is 2.43. The summed E-state index contributed by atoms with van der Waals surface area (Å²) in [5.74, 6) is -1.45. The van der Waals surface area contributed by atoms with Crippen LogP contribution in [0.1, 0.15) is 290 Å². The molecule has 12 heteroatoms. The number of carbonyl (C=O) groups excluding carboxylic acids is 3. The fourth-order valence-corrected chi connectivity index (χ4v) is 9.08. The molecule has 0 saturated carbocycles. The Balaban J connectivity index is 4.70. The molecule has 402 valence electrons. The second kappa shape index (κ2) is 51.6. The Kier molecular flexibility index (Phi) is 50.2. The molecule has 0 heterocycles. The van der Waals surface area contributed by atoms with Crippen molar-refractivity contribution in [3.63, 3.8) is 0 Å². The van der Waals surface area contributed by atoms with Crippen LogP contribution < -0.4 is 0 Å². The van der Waals surface area contributed by atoms with Gasteiger partial charge in [-0.05, 0) is 44.9 Å². The SMILES string of the molecule is CCCCCCCC/C=C\CCCCCCCC(=O)OCC(COP(=O)(O)OCC(CO)OC(=O)CCCCCCCCCCCCC)OC(=O)CCCCCCCCCCCCCCCCC. The van der Waals surface area contributed by atoms with Gasteiger partial charge in [0.15, 0.2) is 6.10 Å². The number of esters is 3. The summed E-state index contributed by atoms with van der Waals surface area (Å²) in [4.78, 5) is 48.4. The molecule has 3 unspecified atom stereocenters. The Morgan fingerprint density at radius 2 is 0.676 bits per heavy atom. The zero-order valence-corrected chi connectivity index (χ0v) is 45.2. The lowest BCUT2D eigenvalue weighted by Crippen LogP contribution is -2.30. The number of hydrogen-bond acceptors (Lipinski definition) is 10. The van der Waals surface area contributed by atoms with Crippen LogP contribution in [-0.2, 0) is 42.2 Å². The van der Waals surface area contributed by atoms with Crippen molar-refractivity contribution in [2.45, 2.75) is 303 Å². The van der Waals surface area contributed by atoms with Crippen LogP contribution in [0.15, 0.2) is 12.2 Å². The van der Waals surface area contributed by atoms with Crippen LogP contribution >= 0.6 is 7.82 Å². The molecular formula is C56H107O11P. The molecule has 0 amide bonds. The number of carbonyl (C=O) groups is 3. The number of aliphatic hydroxyl groups excluding tert-OH is 1. The second-order valence-electron chi connectivity index (χ2n) is 19.5. The van der Waals surface area contributed by atoms with E-state index in [9.17, 15) is 28.9 Å². The fraction of sp³-hybridized carbons (Fsp3) is 0.911. The monoisotopic (exact) mass is 987 g/mol. The number of aliphatic hydroxyl groups is 1. The lowest BCUT2D eigenvalue weighted by molar-refractivity contribution is -0.161. The molecule has 0 fully saturated rings. The van der Waals surface area contributed by atoms with Crippen molar-refractivity contribution >= 4 is 25.7 Å². The van der Waals surface area contributed by atoms with Gasteiger partial charge in [-0.25, -0.2) is 4.57 Å². The predicted molar refractivity (Wildman–Crippen MR) is 280 cm³/mol. The van der Waals surface area contributed by atoms with Crippen LogP contribution in [0.25, 0.3) is 0 Å². The van der Waals surface area contributed by atoms with E-state index in [-0.39, 0.29) is 25.9 Å². The summed E-state index contributed by atoms with van der Waals surface area (Å²) in [7, 11) is -4.73. The molecule has 0 aromatic rings. The van der Waals surface area contributed by atoms with Gasteiger partial charge in [-0.1, -0.05) is 238 Å². The van der Waals surface area contributed by atoms with Gasteiger partial charge in [-0.3, -0.25) is 23.4 Å². The van der Waals surface area contributed by atoms with E-state index in [1.165, 1.54) is 154 Å². The third-order valence-corrected chi connectivity index (χ3v) is 13.6. The van der Waals surface area contributed by atoms with Gasteiger partial charge in [-0.15, -0.1) is 0 Å². The van der Waals surface area contributed by atoms with Crippen LogP contribution in [0.2, 0.25) is 0 Å². The average Bonchev–Trinajstić information content (AvgIpc) is 3.32. The van der Waals surface area contributed by atoms with Crippen molar-refractivity contribution in [1.29, 1.82) is 0 Å². The third kappa shape index (κ3) is 49.2. The summed E-state index contributed by atoms with van der Waals surface area (Å²) in [6.07, 6.45) is 48.8. The first-order chi connectivity index (χ1) is 33.2. The third-order valence-electron chi connectivity index (χ3n) is 12.7. The number of rotatable bonds is 54. The van der Waals surface area contributed by atoms with Crippen LogP contribution in [0, 0.1) is 0 Å². The second-order valence-corrected chi connectivity index (χ2v) is 20.9. The van der Waals surface area contributed by atoms with Gasteiger partial charge in [0.25, 0.3) is 0 Å². The summed E-state index contributed by atoms with van der Waals surface area (Å²) in [5.41, 5.74) is 0. The maximum Gasteiger partial charge on any atom is 0.472 e. The lowest BCUT2D eigenvalue weighted by Gasteiger charge is -2.21. The van der Waals surface area contributed by atoms with E-state index >= 15 is 0 Å². The maximum absolute atomic E-state index is 12.9. The molecule has 2 N–H and O–H groups in total. The first-order valence-electron chi connectivity index (χ1n) is 28.6. The lowest BCUT2D eigenvalue weighted by atomic mass is 10.0. The topological polar surface area (TPSA) is 155 Å². The van der Waals surface area contributed by atoms with Crippen LogP contribution in [0.5, 0.6) is 0 Å². The number of unbranched alkanes of at least 4 members (excludes halogenated alkanes) is 35. The van der Waals surface area contributed by atoms with Crippen molar-refractivity contribution in [2.24, 2.45) is 0 Å². The summed E-state index contributed by atoms with van der Waals surface area (Å²) in [5, 5.41) is 9.78. The Hall–Kier alpha value is -1.78. The van der Waals surface area contributed by atoms with E-state index < -0.39 is 57.8 Å². The minimum absolute atomic E-state index is 0.174. The molecule has 3 atom stereocenters. The van der Waals surface area contributed by atoms with E-state index in [2.05, 4.69) is 32.9 Å². The van der Waals surface area contributed by atoms with Gasteiger partial charge in [0.1, 0.15) is 12.7 Å². The predicted octanol–water partition coefficient (Wildman–Crippen LogP) is 16.5. The zero-order valence-electron chi connectivity index (χ0n) is 44.4. The molecule has 0 aromatic heterocycles. The highest BCUT2D eigenvalue weighted by Gasteiger charge is 2.28. The van der Waals surface area contributed by atoms with Crippen molar-refractivity contribution in [1.82, 2.24) is 0 Å². The summed E-state index contributed by atoms with van der Waals surface area (Å²) < 4.78 is 39.5. The van der Waals surface area contributed by atoms with E-state index in [0.29, 0.717) is 19.3 Å². The summed E-state index contributed by atoms with van der Waals surface area (Å²) >= 11 is 0. The molecule has 0 radical (unpaired) electrons. The number of phosphoric acid groups is 1. The highest BCUT2D eigenvalue weighted by atomic mass is 31.2. The van der Waals surface area contributed by atoms with E-state index in [4.69, 9.17) is 23.3 Å². The van der Waals surface area contributed by atoms with E-state index in [1.54, 1.807) is 0 Å². The Morgan fingerprint density at radius 1 is 0.397 bits per heavy atom. The van der Waals surface area contributed by atoms with Gasteiger partial charge in [0.05, 0.1) is 19.8 Å². The maximum atomic E-state index is 12.9. The number of allylic oxidation sites excluding steroid dienone is 2. The van der Waals surface area contributed by atoms with Crippen LogP contribution in [-0.4, -0.2) is 66.5 Å². The summed E-state index contributed by atoms with van der Waals surface area (Å²) in [6.45, 7) is 4.67. The molecule has 0 rings (SSSR count). The smallest absolute Gasteiger partial charge is 0.462 e. The minimum atomic E-state index is -4.73. The standard InChI is InChI=1S/C56H107O11P/c1-4-7-10-13-16-19-22-24-26-28-31-33-36-39-42-45-54(58)63-49-53(67-56(60)47-44-41-38-35-32-29-27-25-23-20-17-14-11-8-5-2)51-65-68(61,62)64-50-52(48-57)66-55(59)46-43-40-37-34-30-21-18-15-12-9-6-3/h24,26,52-53,57H,4-23,25,27-51H2,1-3H3,(H,61,62)/b26-24-. The number of ether oxygens (including phenoxy) is 3. The van der Waals surface area contributed by atoms with Crippen molar-refractivity contribution in [3.8, 4) is 0 Å². The molecule has 0 aromatic carbocycles. The fourth-order valence-electron chi connectivity index (χ4n) is 8.29. The first-order valence-corrected chi connectivity index (χ1v) is 30.1. The Bertz CT molecular complexity index is 1200. The highest BCUT2D eigenvalue weighted by molar-refractivity contribution is 7.47. The van der Waals surface area contributed by atoms with Gasteiger partial charge in [0.2, 0.25) is 0 Å². The molecule has 0 aliphatic heterocycles. The van der Waals surface area contributed by atoms with Gasteiger partial charge >= 0.3 is 25.7 Å². The molecule has 0 saturated heterocycles. The molecule has 0 aliphatic carbocycles. The van der Waals surface area contributed by atoms with Gasteiger partial charge < -0.3 is 24.2 Å². The summed E-state index contributed by atoms with van der Waals surface area (Å²) in [6, 6.07) is 0. The largest absolute Gasteiger partial charge is 0.472 e. The Labute approximate surface area is 417 Å². The van der Waals surface area contributed by atoms with Crippen molar-refractivity contribution in [3.05, 3.63) is 12.2 Å². The van der Waals surface area contributed by atoms with Gasteiger partial charge in [-0.2, -0.15) is 0 Å². The van der Waals surface area contributed by atoms with E-state index in [0.717, 1.165) is 77.0 Å². The first kappa shape index (κ1) is 66.2. The van der Waals surface area contributed by atoms with Crippen LogP contribution in [0.3, 0.4) is 0 Å². The minimum Gasteiger partial charge on any atom is -0.462 e. The Morgan fingerprint density at radius 3 is 1.01 bits per heavy atom. The zero-order chi connectivity index (χ0) is 49.9. The van der Waals surface area contributed by atoms with Crippen LogP contribution in [0.4, 0.5) is 0 Å². The molecule has 0 aliphatic rings. The molecule has 0 spiro atoms. The molecular weight excluding hydrogens is 880 g/mol. The number of phosphoric ester groups is 1. The number of hydrogen-bond donors (Lipinski definition) is 2. The van der Waals surface area contributed by atoms with Gasteiger partial charge in [0, 0.05) is 19.3 Å². The molecule has 11 nitrogen and oxygen atoms in total. The van der Waals surface area contributed by atoms with Crippen molar-refractivity contribution in [2.75, 3.05) is 26.4 Å². The quantitative estimate of drug-likeness (QED) is 0.0197. The molecule has 0 bridgehead atoms.